The van der Waals surface area contributed by atoms with Gasteiger partial charge in [0.1, 0.15) is 0 Å². The van der Waals surface area contributed by atoms with E-state index < -0.39 is 27.5 Å². The van der Waals surface area contributed by atoms with Gasteiger partial charge in [-0.3, -0.25) is 9.10 Å². The molecule has 2 rings (SSSR count). The molecule has 0 saturated heterocycles. The van der Waals surface area contributed by atoms with Gasteiger partial charge in [-0.05, 0) is 37.3 Å². The van der Waals surface area contributed by atoms with Crippen LogP contribution in [0.4, 0.5) is 18.9 Å². The summed E-state index contributed by atoms with van der Waals surface area (Å²) in [5.74, 6) is 0.270. The SMILES string of the molecule is CS(=O)(=O)N(CCCC(=O)NCC1CCCCC1)c1ccccc1C(F)(F)F. The smallest absolute Gasteiger partial charge is 0.356 e. The second-order valence-electron chi connectivity index (χ2n) is 7.26. The lowest BCUT2D eigenvalue weighted by Crippen LogP contribution is -2.34. The number of anilines is 1. The molecule has 1 aromatic carbocycles. The van der Waals surface area contributed by atoms with E-state index in [1.165, 1.54) is 31.4 Å². The molecule has 0 bridgehead atoms. The van der Waals surface area contributed by atoms with Gasteiger partial charge in [0.25, 0.3) is 0 Å². The summed E-state index contributed by atoms with van der Waals surface area (Å²) in [4.78, 5) is 12.0. The number of benzene rings is 1. The molecule has 1 aliphatic rings. The first kappa shape index (κ1) is 22.5. The van der Waals surface area contributed by atoms with Crippen LogP contribution in [0.2, 0.25) is 0 Å². The highest BCUT2D eigenvalue weighted by Crippen LogP contribution is 2.37. The van der Waals surface area contributed by atoms with Crippen molar-refractivity contribution in [2.24, 2.45) is 5.92 Å². The maximum atomic E-state index is 13.2. The first-order chi connectivity index (χ1) is 13.1. The number of carbonyl (C=O) groups excluding carboxylic acids is 1. The standard InChI is InChI=1S/C19H27F3N2O3S/c1-28(26,27)24(17-11-6-5-10-16(17)19(20,21)22)13-7-12-18(25)23-14-15-8-3-2-4-9-15/h5-6,10-11,15H,2-4,7-9,12-14H2,1H3,(H,23,25). The van der Waals surface area contributed by atoms with E-state index in [-0.39, 0.29) is 25.3 Å². The van der Waals surface area contributed by atoms with Gasteiger partial charge in [0.15, 0.2) is 0 Å². The highest BCUT2D eigenvalue weighted by atomic mass is 32.2. The number of carbonyl (C=O) groups is 1. The molecule has 1 saturated carbocycles. The van der Waals surface area contributed by atoms with Crippen LogP contribution in [-0.4, -0.2) is 33.7 Å². The van der Waals surface area contributed by atoms with Gasteiger partial charge in [0.2, 0.25) is 15.9 Å². The second kappa shape index (κ2) is 9.62. The topological polar surface area (TPSA) is 66.5 Å². The number of hydrogen-bond acceptors (Lipinski definition) is 3. The first-order valence-corrected chi connectivity index (χ1v) is 11.3. The molecule has 0 unspecified atom stereocenters. The Bertz CT molecular complexity index is 760. The molecule has 1 N–H and O–H groups in total. The second-order valence-corrected chi connectivity index (χ2v) is 9.17. The minimum Gasteiger partial charge on any atom is -0.356 e. The van der Waals surface area contributed by atoms with Crippen LogP contribution < -0.4 is 9.62 Å². The number of sulfonamides is 1. The highest BCUT2D eigenvalue weighted by Gasteiger charge is 2.36. The van der Waals surface area contributed by atoms with Crippen LogP contribution in [0.3, 0.4) is 0 Å². The van der Waals surface area contributed by atoms with E-state index in [0.29, 0.717) is 12.5 Å². The summed E-state index contributed by atoms with van der Waals surface area (Å²) < 4.78 is 64.6. The van der Waals surface area contributed by atoms with Gasteiger partial charge in [-0.2, -0.15) is 13.2 Å². The Morgan fingerprint density at radius 1 is 1.18 bits per heavy atom. The van der Waals surface area contributed by atoms with Crippen molar-refractivity contribution in [1.29, 1.82) is 0 Å². The molecule has 1 aromatic rings. The Labute approximate surface area is 164 Å². The fourth-order valence-electron chi connectivity index (χ4n) is 3.52. The lowest BCUT2D eigenvalue weighted by Gasteiger charge is -2.25. The van der Waals surface area contributed by atoms with Crippen molar-refractivity contribution < 1.29 is 26.4 Å². The molecule has 9 heteroatoms. The van der Waals surface area contributed by atoms with Crippen molar-refractivity contribution in [2.75, 3.05) is 23.7 Å². The van der Waals surface area contributed by atoms with E-state index in [9.17, 15) is 26.4 Å². The fraction of sp³-hybridized carbons (Fsp3) is 0.632. The quantitative estimate of drug-likeness (QED) is 0.693. The van der Waals surface area contributed by atoms with Crippen molar-refractivity contribution in [3.8, 4) is 0 Å². The molecule has 0 radical (unpaired) electrons. The van der Waals surface area contributed by atoms with E-state index in [1.807, 2.05) is 0 Å². The molecule has 0 atom stereocenters. The van der Waals surface area contributed by atoms with E-state index in [0.717, 1.165) is 35.5 Å². The van der Waals surface area contributed by atoms with Crippen LogP contribution in [0.1, 0.15) is 50.5 Å². The van der Waals surface area contributed by atoms with Gasteiger partial charge in [0.05, 0.1) is 17.5 Å². The van der Waals surface area contributed by atoms with Crippen LogP contribution in [0.5, 0.6) is 0 Å². The largest absolute Gasteiger partial charge is 0.418 e. The average molecular weight is 420 g/mol. The number of hydrogen-bond donors (Lipinski definition) is 1. The summed E-state index contributed by atoms with van der Waals surface area (Å²) in [7, 11) is -3.93. The van der Waals surface area contributed by atoms with Crippen LogP contribution in [0.25, 0.3) is 0 Å². The van der Waals surface area contributed by atoms with Crippen LogP contribution in [0, 0.1) is 5.92 Å². The lowest BCUT2D eigenvalue weighted by atomic mass is 9.89. The Kier molecular flexibility index (Phi) is 7.74. The summed E-state index contributed by atoms with van der Waals surface area (Å²) in [6.45, 7) is 0.411. The first-order valence-electron chi connectivity index (χ1n) is 9.49. The zero-order valence-corrected chi connectivity index (χ0v) is 16.8. The average Bonchev–Trinajstić information content (AvgIpc) is 2.63. The van der Waals surface area contributed by atoms with Crippen molar-refractivity contribution in [2.45, 2.75) is 51.1 Å². The van der Waals surface area contributed by atoms with Crippen molar-refractivity contribution in [3.63, 3.8) is 0 Å². The monoisotopic (exact) mass is 420 g/mol. The molecule has 158 valence electrons. The molecule has 5 nitrogen and oxygen atoms in total. The third-order valence-corrected chi connectivity index (χ3v) is 6.14. The molecule has 1 amide bonds. The minimum atomic E-state index is -4.67. The number of para-hydroxylation sites is 1. The molecular weight excluding hydrogens is 393 g/mol. The fourth-order valence-corrected chi connectivity index (χ4v) is 4.49. The molecule has 0 spiro atoms. The van der Waals surface area contributed by atoms with E-state index in [2.05, 4.69) is 5.32 Å². The van der Waals surface area contributed by atoms with Crippen LogP contribution in [0.15, 0.2) is 24.3 Å². The molecule has 28 heavy (non-hydrogen) atoms. The Balaban J connectivity index is 1.96. The molecule has 0 aliphatic heterocycles. The summed E-state index contributed by atoms with van der Waals surface area (Å²) in [5, 5.41) is 2.85. The molecule has 0 aromatic heterocycles. The van der Waals surface area contributed by atoms with Crippen molar-refractivity contribution >= 4 is 21.6 Å². The normalized spacial score (nSPS) is 16.0. The van der Waals surface area contributed by atoms with Gasteiger partial charge in [-0.15, -0.1) is 0 Å². The number of nitrogens with zero attached hydrogens (tertiary/aromatic N) is 1. The number of rotatable bonds is 8. The predicted molar refractivity (Wildman–Crippen MR) is 102 cm³/mol. The lowest BCUT2D eigenvalue weighted by molar-refractivity contribution is -0.137. The van der Waals surface area contributed by atoms with E-state index in [1.54, 1.807) is 0 Å². The maximum absolute atomic E-state index is 13.2. The van der Waals surface area contributed by atoms with E-state index in [4.69, 9.17) is 0 Å². The van der Waals surface area contributed by atoms with Gasteiger partial charge in [-0.25, -0.2) is 8.42 Å². The Morgan fingerprint density at radius 2 is 1.82 bits per heavy atom. The number of alkyl halides is 3. The van der Waals surface area contributed by atoms with Crippen LogP contribution >= 0.6 is 0 Å². The van der Waals surface area contributed by atoms with Gasteiger partial charge < -0.3 is 5.32 Å². The molecule has 0 heterocycles. The molecule has 1 aliphatic carbocycles. The zero-order chi connectivity index (χ0) is 20.8. The maximum Gasteiger partial charge on any atom is 0.418 e. The minimum absolute atomic E-state index is 0.0624. The van der Waals surface area contributed by atoms with Crippen molar-refractivity contribution in [1.82, 2.24) is 5.32 Å². The van der Waals surface area contributed by atoms with Gasteiger partial charge in [0, 0.05) is 19.5 Å². The summed E-state index contributed by atoms with van der Waals surface area (Å²) in [6, 6.07) is 4.56. The van der Waals surface area contributed by atoms with Crippen molar-refractivity contribution in [3.05, 3.63) is 29.8 Å². The molecule has 1 fully saturated rings. The zero-order valence-electron chi connectivity index (χ0n) is 16.0. The van der Waals surface area contributed by atoms with Gasteiger partial charge in [-0.1, -0.05) is 31.4 Å². The Hall–Kier alpha value is -1.77. The number of halogens is 3. The summed E-state index contributed by atoms with van der Waals surface area (Å²) >= 11 is 0. The Morgan fingerprint density at radius 3 is 2.43 bits per heavy atom. The number of amides is 1. The van der Waals surface area contributed by atoms with Crippen LogP contribution in [-0.2, 0) is 21.0 Å². The summed E-state index contributed by atoms with van der Waals surface area (Å²) in [5.41, 5.74) is -1.43. The van der Waals surface area contributed by atoms with E-state index >= 15 is 0 Å². The predicted octanol–water partition coefficient (Wildman–Crippen LogP) is 3.95. The third-order valence-electron chi connectivity index (χ3n) is 4.96. The third kappa shape index (κ3) is 6.68. The van der Waals surface area contributed by atoms with Gasteiger partial charge >= 0.3 is 6.18 Å². The highest BCUT2D eigenvalue weighted by molar-refractivity contribution is 7.92. The molecular formula is C19H27F3N2O3S. The summed E-state index contributed by atoms with van der Waals surface area (Å²) in [6.07, 6.45) is 2.14. The number of nitrogens with one attached hydrogen (secondary N) is 1.